The monoisotopic (exact) mass is 236 g/mol. The Bertz CT molecular complexity index is 414. The fourth-order valence-electron chi connectivity index (χ4n) is 2.12. The molecule has 1 heterocycles. The van der Waals surface area contributed by atoms with Crippen LogP contribution in [-0.4, -0.2) is 24.5 Å². The van der Waals surface area contributed by atoms with E-state index in [0.717, 1.165) is 19.5 Å². The topological polar surface area (TPSA) is 41.1 Å². The third kappa shape index (κ3) is 3.03. The van der Waals surface area contributed by atoms with Crippen LogP contribution < -0.4 is 10.6 Å². The highest BCUT2D eigenvalue weighted by molar-refractivity contribution is 5.79. The quantitative estimate of drug-likeness (QED) is 0.829. The number of hydrogen-bond acceptors (Lipinski definition) is 2. The fraction of sp³-hybridized carbons (Fsp3) is 0.462. The highest BCUT2D eigenvalue weighted by Crippen LogP contribution is 2.14. The molecule has 1 aromatic rings. The molecule has 1 atom stereocenters. The van der Waals surface area contributed by atoms with Gasteiger partial charge in [-0.15, -0.1) is 0 Å². The second-order valence-electron chi connectivity index (χ2n) is 4.80. The summed E-state index contributed by atoms with van der Waals surface area (Å²) in [5.41, 5.74) is 0.252. The zero-order valence-electron chi connectivity index (χ0n) is 9.92. The molecular formula is C13H17FN2O. The van der Waals surface area contributed by atoms with Gasteiger partial charge in [-0.3, -0.25) is 4.79 Å². The van der Waals surface area contributed by atoms with Gasteiger partial charge in [-0.25, -0.2) is 4.39 Å². The third-order valence-electron chi connectivity index (χ3n) is 3.12. The number of hydrogen-bond donors (Lipinski definition) is 2. The first-order chi connectivity index (χ1) is 8.09. The van der Waals surface area contributed by atoms with Crippen molar-refractivity contribution in [3.63, 3.8) is 0 Å². The fourth-order valence-corrected chi connectivity index (χ4v) is 2.12. The number of carbonyl (C=O) groups is 1. The SMILES string of the molecule is CC1(NC(=O)Cc2ccccc2F)CCNC1. The van der Waals surface area contributed by atoms with Crippen LogP contribution in [0.2, 0.25) is 0 Å². The molecule has 0 aliphatic carbocycles. The molecule has 0 saturated carbocycles. The molecule has 1 amide bonds. The minimum atomic E-state index is -0.322. The number of nitrogens with one attached hydrogen (secondary N) is 2. The lowest BCUT2D eigenvalue weighted by atomic mass is 10.0. The smallest absolute Gasteiger partial charge is 0.224 e. The molecule has 1 aliphatic rings. The van der Waals surface area contributed by atoms with Crippen molar-refractivity contribution in [2.75, 3.05) is 13.1 Å². The van der Waals surface area contributed by atoms with Gasteiger partial charge in [-0.05, 0) is 31.5 Å². The number of amides is 1. The van der Waals surface area contributed by atoms with Gasteiger partial charge in [0.1, 0.15) is 5.82 Å². The molecule has 1 aromatic carbocycles. The average molecular weight is 236 g/mol. The number of halogens is 1. The lowest BCUT2D eigenvalue weighted by molar-refractivity contribution is -0.122. The van der Waals surface area contributed by atoms with Crippen LogP contribution in [0.5, 0.6) is 0 Å². The van der Waals surface area contributed by atoms with E-state index in [0.29, 0.717) is 5.56 Å². The van der Waals surface area contributed by atoms with Gasteiger partial charge >= 0.3 is 0 Å². The van der Waals surface area contributed by atoms with Crippen molar-refractivity contribution >= 4 is 5.91 Å². The third-order valence-corrected chi connectivity index (χ3v) is 3.12. The lowest BCUT2D eigenvalue weighted by Gasteiger charge is -2.24. The zero-order valence-corrected chi connectivity index (χ0v) is 9.92. The molecule has 0 radical (unpaired) electrons. The molecule has 4 heteroatoms. The van der Waals surface area contributed by atoms with Gasteiger partial charge in [0.15, 0.2) is 0 Å². The normalized spacial score (nSPS) is 23.6. The second kappa shape index (κ2) is 4.84. The number of rotatable bonds is 3. The molecule has 2 N–H and O–H groups in total. The van der Waals surface area contributed by atoms with Crippen LogP contribution in [0.1, 0.15) is 18.9 Å². The summed E-state index contributed by atoms with van der Waals surface area (Å²) in [6.07, 6.45) is 1.01. The summed E-state index contributed by atoms with van der Waals surface area (Å²) < 4.78 is 13.4. The van der Waals surface area contributed by atoms with Crippen LogP contribution in [0.3, 0.4) is 0 Å². The van der Waals surface area contributed by atoms with Crippen LogP contribution in [0.15, 0.2) is 24.3 Å². The van der Waals surface area contributed by atoms with Crippen molar-refractivity contribution in [2.45, 2.75) is 25.3 Å². The predicted octanol–water partition coefficient (Wildman–Crippen LogP) is 1.24. The van der Waals surface area contributed by atoms with Gasteiger partial charge in [-0.2, -0.15) is 0 Å². The Labute approximate surface area is 100 Å². The first kappa shape index (κ1) is 12.0. The van der Waals surface area contributed by atoms with Crippen LogP contribution in [0.4, 0.5) is 4.39 Å². The molecule has 1 fully saturated rings. The van der Waals surface area contributed by atoms with Crippen molar-refractivity contribution < 1.29 is 9.18 Å². The van der Waals surface area contributed by atoms with Gasteiger partial charge in [0.05, 0.1) is 12.0 Å². The largest absolute Gasteiger partial charge is 0.349 e. The van der Waals surface area contributed by atoms with Gasteiger partial charge in [0.2, 0.25) is 5.91 Å². The Balaban J connectivity index is 1.96. The Morgan fingerprint density at radius 3 is 2.94 bits per heavy atom. The van der Waals surface area contributed by atoms with E-state index in [9.17, 15) is 9.18 Å². The maximum absolute atomic E-state index is 13.4. The van der Waals surface area contributed by atoms with E-state index >= 15 is 0 Å². The van der Waals surface area contributed by atoms with E-state index in [1.54, 1.807) is 18.2 Å². The first-order valence-corrected chi connectivity index (χ1v) is 5.84. The van der Waals surface area contributed by atoms with Crippen LogP contribution in [-0.2, 0) is 11.2 Å². The Morgan fingerprint density at radius 2 is 2.29 bits per heavy atom. The van der Waals surface area contributed by atoms with E-state index in [1.807, 2.05) is 6.92 Å². The van der Waals surface area contributed by atoms with Crippen LogP contribution >= 0.6 is 0 Å². The van der Waals surface area contributed by atoms with E-state index in [4.69, 9.17) is 0 Å². The number of benzene rings is 1. The highest BCUT2D eigenvalue weighted by atomic mass is 19.1. The first-order valence-electron chi connectivity index (χ1n) is 5.84. The maximum Gasteiger partial charge on any atom is 0.224 e. The summed E-state index contributed by atoms with van der Waals surface area (Å²) in [6.45, 7) is 3.69. The zero-order chi connectivity index (χ0) is 12.3. The Hall–Kier alpha value is -1.42. The molecule has 1 aliphatic heterocycles. The molecule has 92 valence electrons. The average Bonchev–Trinajstić information content (AvgIpc) is 2.68. The molecule has 1 saturated heterocycles. The van der Waals surface area contributed by atoms with Gasteiger partial charge in [0.25, 0.3) is 0 Å². The van der Waals surface area contributed by atoms with Crippen molar-refractivity contribution in [3.8, 4) is 0 Å². The Morgan fingerprint density at radius 1 is 1.53 bits per heavy atom. The summed E-state index contributed by atoms with van der Waals surface area (Å²) in [5.74, 6) is -0.446. The predicted molar refractivity (Wildman–Crippen MR) is 64.1 cm³/mol. The lowest BCUT2D eigenvalue weighted by Crippen LogP contribution is -2.48. The van der Waals surface area contributed by atoms with Crippen molar-refractivity contribution in [2.24, 2.45) is 0 Å². The minimum absolute atomic E-state index is 0.0995. The van der Waals surface area contributed by atoms with Crippen LogP contribution in [0.25, 0.3) is 0 Å². The summed E-state index contributed by atoms with van der Waals surface area (Å²) in [7, 11) is 0. The second-order valence-corrected chi connectivity index (χ2v) is 4.80. The summed E-state index contributed by atoms with van der Waals surface area (Å²) >= 11 is 0. The Kier molecular flexibility index (Phi) is 3.43. The highest BCUT2D eigenvalue weighted by Gasteiger charge is 2.29. The molecule has 0 spiro atoms. The van der Waals surface area contributed by atoms with Gasteiger partial charge in [0, 0.05) is 6.54 Å². The summed E-state index contributed by atoms with van der Waals surface area (Å²) in [4.78, 5) is 11.8. The summed E-state index contributed by atoms with van der Waals surface area (Å²) in [5, 5.41) is 6.17. The minimum Gasteiger partial charge on any atom is -0.349 e. The van der Waals surface area contributed by atoms with Gasteiger partial charge in [-0.1, -0.05) is 18.2 Å². The molecular weight excluding hydrogens is 219 g/mol. The van der Waals surface area contributed by atoms with E-state index in [-0.39, 0.29) is 23.7 Å². The van der Waals surface area contributed by atoms with Crippen LogP contribution in [0, 0.1) is 5.82 Å². The molecule has 17 heavy (non-hydrogen) atoms. The molecule has 0 bridgehead atoms. The van der Waals surface area contributed by atoms with Crippen molar-refractivity contribution in [1.29, 1.82) is 0 Å². The summed E-state index contributed by atoms with van der Waals surface area (Å²) in [6, 6.07) is 6.38. The van der Waals surface area contributed by atoms with Crippen molar-refractivity contribution in [3.05, 3.63) is 35.6 Å². The molecule has 3 nitrogen and oxygen atoms in total. The van der Waals surface area contributed by atoms with E-state index < -0.39 is 0 Å². The standard InChI is InChI=1S/C13H17FN2O/c1-13(6-7-15-9-13)16-12(17)8-10-4-2-3-5-11(10)14/h2-5,15H,6-9H2,1H3,(H,16,17). The number of carbonyl (C=O) groups excluding carboxylic acids is 1. The molecule has 0 aromatic heterocycles. The van der Waals surface area contributed by atoms with Crippen molar-refractivity contribution in [1.82, 2.24) is 10.6 Å². The maximum atomic E-state index is 13.4. The van der Waals surface area contributed by atoms with Gasteiger partial charge < -0.3 is 10.6 Å². The molecule has 1 unspecified atom stereocenters. The van der Waals surface area contributed by atoms with E-state index in [1.165, 1.54) is 6.07 Å². The van der Waals surface area contributed by atoms with E-state index in [2.05, 4.69) is 10.6 Å². The molecule has 2 rings (SSSR count).